The van der Waals surface area contributed by atoms with Crippen LogP contribution in [0.2, 0.25) is 0 Å². The lowest BCUT2D eigenvalue weighted by Crippen LogP contribution is -2.22. The first-order valence-electron chi connectivity index (χ1n) is 10.0. The van der Waals surface area contributed by atoms with Gasteiger partial charge in [0.15, 0.2) is 5.82 Å². The minimum atomic E-state index is -0.629. The number of hydrogen-bond donors (Lipinski definition) is 1. The van der Waals surface area contributed by atoms with Crippen LogP contribution in [0.3, 0.4) is 0 Å². The lowest BCUT2D eigenvalue weighted by atomic mass is 10.1. The van der Waals surface area contributed by atoms with Crippen LogP contribution in [0.15, 0.2) is 35.4 Å². The largest absolute Gasteiger partial charge is 0.355 e. The van der Waals surface area contributed by atoms with Crippen LogP contribution in [-0.2, 0) is 11.2 Å². The van der Waals surface area contributed by atoms with E-state index in [1.54, 1.807) is 11.8 Å². The number of pyridine rings is 1. The van der Waals surface area contributed by atoms with E-state index < -0.39 is 11.6 Å². The zero-order valence-electron chi connectivity index (χ0n) is 16.9. The van der Waals surface area contributed by atoms with Crippen molar-refractivity contribution in [3.63, 3.8) is 0 Å². The van der Waals surface area contributed by atoms with Crippen molar-refractivity contribution >= 4 is 29.2 Å². The summed E-state index contributed by atoms with van der Waals surface area (Å²) < 4.78 is 26.6. The van der Waals surface area contributed by atoms with Crippen LogP contribution >= 0.6 is 11.8 Å². The third-order valence-corrected chi connectivity index (χ3v) is 6.01. The van der Waals surface area contributed by atoms with Crippen molar-refractivity contribution < 1.29 is 13.6 Å². The summed E-state index contributed by atoms with van der Waals surface area (Å²) in [6, 6.07) is 7.19. The molecule has 156 valence electrons. The number of aryl methyl sites for hydroxylation is 1. The highest BCUT2D eigenvalue weighted by molar-refractivity contribution is 7.99. The first-order valence-corrected chi connectivity index (χ1v) is 11.0. The van der Waals surface area contributed by atoms with Gasteiger partial charge in [-0.15, -0.1) is 11.8 Å². The molecule has 3 rings (SSSR count). The summed E-state index contributed by atoms with van der Waals surface area (Å²) >= 11 is 1.72. The average Bonchev–Trinajstić information content (AvgIpc) is 3.19. The van der Waals surface area contributed by atoms with E-state index in [2.05, 4.69) is 24.1 Å². The van der Waals surface area contributed by atoms with Crippen LogP contribution in [0.5, 0.6) is 0 Å². The van der Waals surface area contributed by atoms with E-state index in [0.717, 1.165) is 48.6 Å². The molecule has 1 fully saturated rings. The molecular formula is C22H27F2N3OS. The molecule has 0 radical (unpaired) electrons. The molecule has 1 aromatic carbocycles. The number of rotatable bonds is 8. The molecule has 1 aliphatic heterocycles. The van der Waals surface area contributed by atoms with Gasteiger partial charge >= 0.3 is 0 Å². The molecule has 2 aromatic rings. The number of nitrogens with one attached hydrogen (secondary N) is 1. The average molecular weight is 420 g/mol. The summed E-state index contributed by atoms with van der Waals surface area (Å²) in [7, 11) is 0. The number of amides is 1. The Morgan fingerprint density at radius 3 is 2.52 bits per heavy atom. The molecule has 1 N–H and O–H groups in total. The molecular weight excluding hydrogens is 392 g/mol. The van der Waals surface area contributed by atoms with E-state index in [9.17, 15) is 13.6 Å². The van der Waals surface area contributed by atoms with Crippen molar-refractivity contribution in [1.82, 2.24) is 4.98 Å². The Morgan fingerprint density at radius 2 is 1.86 bits per heavy atom. The van der Waals surface area contributed by atoms with Gasteiger partial charge < -0.3 is 10.2 Å². The highest BCUT2D eigenvalue weighted by atomic mass is 32.2. The lowest BCUT2D eigenvalue weighted by molar-refractivity contribution is -0.116. The number of hydrogen-bond acceptors (Lipinski definition) is 4. The van der Waals surface area contributed by atoms with Crippen LogP contribution in [0.25, 0.3) is 0 Å². The van der Waals surface area contributed by atoms with E-state index in [4.69, 9.17) is 4.98 Å². The smallest absolute Gasteiger partial charge is 0.224 e. The fourth-order valence-electron chi connectivity index (χ4n) is 3.26. The van der Waals surface area contributed by atoms with Gasteiger partial charge in [0.2, 0.25) is 5.91 Å². The van der Waals surface area contributed by atoms with Gasteiger partial charge in [-0.2, -0.15) is 0 Å². The van der Waals surface area contributed by atoms with Gasteiger partial charge in [-0.05, 0) is 55.0 Å². The number of benzene rings is 1. The molecule has 4 nitrogen and oxygen atoms in total. The second-order valence-electron chi connectivity index (χ2n) is 7.75. The van der Waals surface area contributed by atoms with E-state index in [1.807, 2.05) is 12.1 Å². The summed E-state index contributed by atoms with van der Waals surface area (Å²) in [6.45, 7) is 6.20. The third-order valence-electron chi connectivity index (χ3n) is 4.66. The second kappa shape index (κ2) is 10.1. The predicted octanol–water partition coefficient (Wildman–Crippen LogP) is 5.28. The summed E-state index contributed by atoms with van der Waals surface area (Å²) in [5, 5.41) is 3.89. The maximum atomic E-state index is 13.3. The Labute approximate surface area is 175 Å². The fourth-order valence-corrected chi connectivity index (χ4v) is 4.08. The van der Waals surface area contributed by atoms with Crippen molar-refractivity contribution in [2.45, 2.75) is 44.6 Å². The zero-order chi connectivity index (χ0) is 20.8. The molecule has 0 unspecified atom stereocenters. The van der Waals surface area contributed by atoms with Gasteiger partial charge in [0.05, 0.1) is 10.7 Å². The number of nitrogens with zero attached hydrogens (tertiary/aromatic N) is 2. The lowest BCUT2D eigenvalue weighted by Gasteiger charge is -2.21. The molecule has 0 aliphatic carbocycles. The molecule has 0 atom stereocenters. The minimum Gasteiger partial charge on any atom is -0.355 e. The summed E-state index contributed by atoms with van der Waals surface area (Å²) in [4.78, 5) is 19.5. The van der Waals surface area contributed by atoms with E-state index in [0.29, 0.717) is 17.2 Å². The summed E-state index contributed by atoms with van der Waals surface area (Å²) in [5.41, 5.74) is 1.16. The zero-order valence-corrected chi connectivity index (χ0v) is 17.7. The number of carbonyl (C=O) groups excluding carboxylic acids is 1. The first kappa shape index (κ1) is 21.6. The van der Waals surface area contributed by atoms with Crippen molar-refractivity contribution in [1.29, 1.82) is 0 Å². The van der Waals surface area contributed by atoms with Crippen molar-refractivity contribution in [2.75, 3.05) is 29.1 Å². The number of thioether (sulfide) groups is 1. The Morgan fingerprint density at radius 1 is 1.17 bits per heavy atom. The molecule has 29 heavy (non-hydrogen) atoms. The van der Waals surface area contributed by atoms with Crippen molar-refractivity contribution in [3.05, 3.63) is 47.5 Å². The number of carbonyl (C=O) groups is 1. The van der Waals surface area contributed by atoms with Gasteiger partial charge in [0.25, 0.3) is 0 Å². The van der Waals surface area contributed by atoms with Gasteiger partial charge in [0, 0.05) is 31.3 Å². The Kier molecular flexibility index (Phi) is 7.47. The number of halogens is 2. The molecule has 0 bridgehead atoms. The van der Waals surface area contributed by atoms with E-state index in [-0.39, 0.29) is 18.7 Å². The predicted molar refractivity (Wildman–Crippen MR) is 115 cm³/mol. The van der Waals surface area contributed by atoms with E-state index in [1.165, 1.54) is 12.1 Å². The molecule has 2 heterocycles. The van der Waals surface area contributed by atoms with Crippen LogP contribution in [0.4, 0.5) is 20.3 Å². The molecule has 1 saturated heterocycles. The van der Waals surface area contributed by atoms with Gasteiger partial charge in [-0.1, -0.05) is 13.8 Å². The quantitative estimate of drug-likeness (QED) is 0.592. The highest BCUT2D eigenvalue weighted by Gasteiger charge is 2.19. The third kappa shape index (κ3) is 6.42. The van der Waals surface area contributed by atoms with Crippen molar-refractivity contribution in [2.24, 2.45) is 5.92 Å². The first-order chi connectivity index (χ1) is 13.9. The molecule has 0 spiro atoms. The Balaban J connectivity index is 1.68. The Hall–Kier alpha value is -2.15. The minimum absolute atomic E-state index is 0.145. The van der Waals surface area contributed by atoms with E-state index >= 15 is 0 Å². The summed E-state index contributed by atoms with van der Waals surface area (Å²) in [5.74, 6) is 0.915. The summed E-state index contributed by atoms with van der Waals surface area (Å²) in [6.07, 6.45) is 2.65. The normalized spacial score (nSPS) is 13.9. The maximum Gasteiger partial charge on any atom is 0.224 e. The molecule has 0 saturated carbocycles. The Bertz CT molecular complexity index is 834. The van der Waals surface area contributed by atoms with Gasteiger partial charge in [0.1, 0.15) is 11.6 Å². The molecule has 1 aliphatic rings. The van der Waals surface area contributed by atoms with Gasteiger partial charge in [-0.3, -0.25) is 4.79 Å². The SMILES string of the molecule is CC(C)CSc1ccc(NC(=O)CCc2cc(F)cc(F)c2)c(N2CCCC2)n1. The molecule has 7 heteroatoms. The van der Waals surface area contributed by atoms with Crippen LogP contribution in [-0.4, -0.2) is 29.7 Å². The standard InChI is InChI=1S/C22H27F2N3OS/c1-15(2)14-29-21-8-6-19(22(26-21)27-9-3-4-10-27)25-20(28)7-5-16-11-17(23)13-18(24)12-16/h6,8,11-13,15H,3-5,7,9-10,14H2,1-2H3,(H,25,28). The van der Waals surface area contributed by atoms with Crippen LogP contribution < -0.4 is 10.2 Å². The molecule has 1 amide bonds. The second-order valence-corrected chi connectivity index (χ2v) is 8.79. The van der Waals surface area contributed by atoms with Gasteiger partial charge in [-0.25, -0.2) is 13.8 Å². The van der Waals surface area contributed by atoms with Crippen molar-refractivity contribution in [3.8, 4) is 0 Å². The van der Waals surface area contributed by atoms with Crippen LogP contribution in [0.1, 0.15) is 38.7 Å². The number of anilines is 2. The fraction of sp³-hybridized carbons (Fsp3) is 0.455. The topological polar surface area (TPSA) is 45.2 Å². The molecule has 1 aromatic heterocycles. The monoisotopic (exact) mass is 419 g/mol. The van der Waals surface area contributed by atoms with Crippen LogP contribution in [0, 0.1) is 17.6 Å². The number of aromatic nitrogens is 1. The highest BCUT2D eigenvalue weighted by Crippen LogP contribution is 2.31. The maximum absolute atomic E-state index is 13.3.